The molecule has 5 rings (SSSR count). The van der Waals surface area contributed by atoms with Crippen LogP contribution >= 0.6 is 11.6 Å². The summed E-state index contributed by atoms with van der Waals surface area (Å²) in [5.41, 5.74) is 3.35. The van der Waals surface area contributed by atoms with Crippen LogP contribution in [-0.4, -0.2) is 107 Å². The largest absolute Gasteiger partial charge is 0.409 e. The summed E-state index contributed by atoms with van der Waals surface area (Å²) in [5, 5.41) is 5.94. The Balaban J connectivity index is 1.22. The molecule has 39 heavy (non-hydrogen) atoms. The lowest BCUT2D eigenvalue weighted by Crippen LogP contribution is -2.72. The lowest BCUT2D eigenvalue weighted by Gasteiger charge is -2.55. The lowest BCUT2D eigenvalue weighted by atomic mass is 9.77. The second kappa shape index (κ2) is 11.6. The normalized spacial score (nSPS) is 37.7. The van der Waals surface area contributed by atoms with Crippen molar-refractivity contribution in [1.82, 2.24) is 30.5 Å². The molecule has 8 nitrogen and oxygen atoms in total. The van der Waals surface area contributed by atoms with Gasteiger partial charge in [0, 0.05) is 64.1 Å². The number of rotatable bonds is 4. The number of piperidine rings is 2. The van der Waals surface area contributed by atoms with Crippen LogP contribution in [0.2, 0.25) is 0 Å². The topological polar surface area (TPSA) is 71.2 Å². The Morgan fingerprint density at radius 1 is 1.03 bits per heavy atom. The van der Waals surface area contributed by atoms with Gasteiger partial charge in [-0.1, -0.05) is 6.92 Å². The Morgan fingerprint density at radius 3 is 2.31 bits per heavy atom. The van der Waals surface area contributed by atoms with Crippen molar-refractivity contribution in [2.45, 2.75) is 107 Å². The van der Waals surface area contributed by atoms with Crippen molar-refractivity contribution in [1.29, 1.82) is 0 Å². The molecule has 5 aliphatic rings. The van der Waals surface area contributed by atoms with E-state index in [2.05, 4.69) is 27.6 Å². The monoisotopic (exact) mass is 576 g/mol. The van der Waals surface area contributed by atoms with Gasteiger partial charge in [0.25, 0.3) is 0 Å². The maximum Gasteiger partial charge on any atom is 0.409 e. The first-order valence-electron chi connectivity index (χ1n) is 14.7. The highest BCUT2D eigenvalue weighted by molar-refractivity contribution is 6.20. The fourth-order valence-electron chi connectivity index (χ4n) is 8.18. The molecule has 0 spiro atoms. The van der Waals surface area contributed by atoms with Gasteiger partial charge in [0.1, 0.15) is 6.04 Å². The maximum absolute atomic E-state index is 14.4. The molecule has 5 fully saturated rings. The first kappa shape index (κ1) is 29.4. The molecule has 6 atom stereocenters. The van der Waals surface area contributed by atoms with E-state index in [1.165, 1.54) is 14.0 Å². The van der Waals surface area contributed by atoms with Gasteiger partial charge in [-0.2, -0.15) is 13.2 Å². The number of hydrogen-bond acceptors (Lipinski definition) is 6. The van der Waals surface area contributed by atoms with E-state index in [0.717, 1.165) is 30.8 Å². The van der Waals surface area contributed by atoms with Crippen LogP contribution in [0.1, 0.15) is 65.2 Å². The van der Waals surface area contributed by atoms with E-state index in [1.807, 2.05) is 0 Å². The summed E-state index contributed by atoms with van der Waals surface area (Å²) in [6, 6.07) is -0.894. The molecule has 0 aromatic heterocycles. The van der Waals surface area contributed by atoms with Crippen LogP contribution in [0, 0.1) is 17.8 Å². The second-order valence-corrected chi connectivity index (χ2v) is 13.0. The van der Waals surface area contributed by atoms with Crippen LogP contribution in [0.15, 0.2) is 0 Å². The summed E-state index contributed by atoms with van der Waals surface area (Å²) < 4.78 is 43.3. The minimum atomic E-state index is -4.48. The number of carbonyl (C=O) groups excluding carboxylic acids is 2. The van der Waals surface area contributed by atoms with Crippen molar-refractivity contribution in [2.24, 2.45) is 17.8 Å². The van der Waals surface area contributed by atoms with Crippen molar-refractivity contribution in [2.75, 3.05) is 33.2 Å². The number of likely N-dealkylation sites (tertiary alicyclic amines) is 2. The molecule has 1 saturated carbocycles. The molecule has 4 saturated heterocycles. The van der Waals surface area contributed by atoms with Crippen LogP contribution in [0.4, 0.5) is 13.2 Å². The summed E-state index contributed by atoms with van der Waals surface area (Å²) >= 11 is 6.41. The van der Waals surface area contributed by atoms with Gasteiger partial charge < -0.3 is 9.80 Å². The van der Waals surface area contributed by atoms with Crippen molar-refractivity contribution in [3.05, 3.63) is 0 Å². The number of nitrogens with zero attached hydrogens (tertiary/aromatic N) is 4. The first-order chi connectivity index (χ1) is 18.5. The summed E-state index contributed by atoms with van der Waals surface area (Å²) in [6.07, 6.45) is 0.833. The molecule has 0 bridgehead atoms. The Kier molecular flexibility index (Phi) is 8.75. The van der Waals surface area contributed by atoms with E-state index in [9.17, 15) is 22.8 Å². The predicted octanol–water partition coefficient (Wildman–Crippen LogP) is 2.98. The zero-order valence-corrected chi connectivity index (χ0v) is 24.1. The average Bonchev–Trinajstić information content (AvgIpc) is 3.28. The highest BCUT2D eigenvalue weighted by atomic mass is 35.5. The SMILES string of the molecule is CC(=O)N1CCC(C(=O)N(C)[C@@H](C2CCC(N3CC[C@@H](C)C4C3CNC3CC(Cl)NN34)CC2)C(F)(F)F)CC1. The van der Waals surface area contributed by atoms with E-state index in [0.29, 0.717) is 69.6 Å². The molecule has 4 heterocycles. The smallest absolute Gasteiger partial charge is 0.343 e. The first-order valence-corrected chi connectivity index (χ1v) is 15.2. The fourth-order valence-corrected chi connectivity index (χ4v) is 8.46. The fraction of sp³-hybridized carbons (Fsp3) is 0.926. The van der Waals surface area contributed by atoms with Crippen LogP contribution in [0.5, 0.6) is 0 Å². The molecule has 0 radical (unpaired) electrons. The van der Waals surface area contributed by atoms with E-state index in [-0.39, 0.29) is 23.6 Å². The Labute approximate surface area is 234 Å². The summed E-state index contributed by atoms with van der Waals surface area (Å²) in [5.74, 6) is -1.05. The molecule has 2 amide bonds. The molecule has 1 aliphatic carbocycles. The summed E-state index contributed by atoms with van der Waals surface area (Å²) in [4.78, 5) is 30.0. The minimum Gasteiger partial charge on any atom is -0.343 e. The Morgan fingerprint density at radius 2 is 1.69 bits per heavy atom. The van der Waals surface area contributed by atoms with Crippen molar-refractivity contribution in [3.8, 4) is 0 Å². The third-order valence-electron chi connectivity index (χ3n) is 10.2. The van der Waals surface area contributed by atoms with Gasteiger partial charge in [-0.3, -0.25) is 19.8 Å². The standard InChI is InChI=1S/C27H44ClF3N6O2/c1-16-8-13-36(21-15-32-23-14-22(28)33-37(23)24(16)21)20-6-4-18(5-7-20)25(27(29,30)31)34(3)26(39)19-9-11-35(12-10-19)17(2)38/h16,18-25,32-33H,4-15H2,1-3H3/t16-,18?,20?,21?,22?,23?,24?,25+/m1/s1. The molecule has 4 aliphatic heterocycles. The van der Waals surface area contributed by atoms with Crippen LogP contribution in [0.3, 0.4) is 0 Å². The van der Waals surface area contributed by atoms with Gasteiger partial charge in [-0.15, -0.1) is 11.6 Å². The number of hydrogen-bond donors (Lipinski definition) is 2. The van der Waals surface area contributed by atoms with E-state index < -0.39 is 30.0 Å². The number of fused-ring (bicyclic) bond motifs is 3. The molecule has 0 aromatic carbocycles. The van der Waals surface area contributed by atoms with Gasteiger partial charge in [-0.05, 0) is 63.3 Å². The van der Waals surface area contributed by atoms with Crippen molar-refractivity contribution >= 4 is 23.4 Å². The number of hydrazine groups is 1. The maximum atomic E-state index is 14.4. The molecule has 222 valence electrons. The number of alkyl halides is 4. The van der Waals surface area contributed by atoms with Crippen LogP contribution in [0.25, 0.3) is 0 Å². The van der Waals surface area contributed by atoms with Gasteiger partial charge >= 0.3 is 6.18 Å². The number of halogens is 4. The number of carbonyl (C=O) groups is 2. The van der Waals surface area contributed by atoms with E-state index in [1.54, 1.807) is 4.90 Å². The van der Waals surface area contributed by atoms with Crippen molar-refractivity contribution < 1.29 is 22.8 Å². The molecule has 0 aromatic rings. The van der Waals surface area contributed by atoms with Gasteiger partial charge in [0.15, 0.2) is 0 Å². The Hall–Kier alpha value is -1.14. The third-order valence-corrected chi connectivity index (χ3v) is 10.5. The number of nitrogens with one attached hydrogen (secondary N) is 2. The molecule has 2 N–H and O–H groups in total. The van der Waals surface area contributed by atoms with Gasteiger partial charge in [-0.25, -0.2) is 10.4 Å². The van der Waals surface area contributed by atoms with E-state index in [4.69, 9.17) is 11.6 Å². The summed E-state index contributed by atoms with van der Waals surface area (Å²) in [6.45, 7) is 6.45. The zero-order valence-electron chi connectivity index (χ0n) is 23.3. The lowest BCUT2D eigenvalue weighted by molar-refractivity contribution is -0.203. The Bertz CT molecular complexity index is 895. The third kappa shape index (κ3) is 5.94. The van der Waals surface area contributed by atoms with Crippen molar-refractivity contribution in [3.63, 3.8) is 0 Å². The average molecular weight is 577 g/mol. The van der Waals surface area contributed by atoms with Gasteiger partial charge in [0.2, 0.25) is 11.8 Å². The molecule has 12 heteroatoms. The van der Waals surface area contributed by atoms with Gasteiger partial charge in [0.05, 0.1) is 11.7 Å². The second-order valence-electron chi connectivity index (χ2n) is 12.5. The molecular weight excluding hydrogens is 533 g/mol. The van der Waals surface area contributed by atoms with Crippen LogP contribution in [-0.2, 0) is 9.59 Å². The minimum absolute atomic E-state index is 0.0579. The van der Waals surface area contributed by atoms with E-state index >= 15 is 0 Å². The predicted molar refractivity (Wildman–Crippen MR) is 142 cm³/mol. The highest BCUT2D eigenvalue weighted by Crippen LogP contribution is 2.42. The zero-order chi connectivity index (χ0) is 28.1. The highest BCUT2D eigenvalue weighted by Gasteiger charge is 2.53. The molecular formula is C27H44ClF3N6O2. The van der Waals surface area contributed by atoms with Crippen LogP contribution < -0.4 is 10.7 Å². The summed E-state index contributed by atoms with van der Waals surface area (Å²) in [7, 11) is 1.33. The molecule has 4 unspecified atom stereocenters. The number of amides is 2. The quantitative estimate of drug-likeness (QED) is 0.396.